The molecule has 0 aromatic heterocycles. The van der Waals surface area contributed by atoms with Crippen molar-refractivity contribution in [3.05, 3.63) is 58.1 Å². The van der Waals surface area contributed by atoms with Crippen LogP contribution in [0, 0.1) is 34.6 Å². The molecule has 0 fully saturated rings. The highest BCUT2D eigenvalue weighted by Crippen LogP contribution is 2.30. The zero-order chi connectivity index (χ0) is 14.2. The topological polar surface area (TPSA) is 29.3 Å². The van der Waals surface area contributed by atoms with Gasteiger partial charge in [0, 0.05) is 0 Å². The molecule has 100 valence electrons. The Morgan fingerprint density at radius 2 is 1.37 bits per heavy atom. The van der Waals surface area contributed by atoms with E-state index in [4.69, 9.17) is 5.84 Å². The minimum atomic E-state index is 1.01. The maximum Gasteiger partial charge on any atom is 0.0609 e. The molecule has 0 saturated heterocycles. The molecule has 0 aliphatic heterocycles. The first-order chi connectivity index (χ1) is 8.91. The molecule has 0 bridgehead atoms. The van der Waals surface area contributed by atoms with Crippen molar-refractivity contribution in [3.8, 4) is 0 Å². The van der Waals surface area contributed by atoms with Crippen molar-refractivity contribution < 1.29 is 0 Å². The summed E-state index contributed by atoms with van der Waals surface area (Å²) >= 11 is 0. The first-order valence-corrected chi connectivity index (χ1v) is 6.60. The monoisotopic (exact) mass is 254 g/mol. The number of anilines is 2. The average Bonchev–Trinajstić information content (AvgIpc) is 2.40. The molecule has 19 heavy (non-hydrogen) atoms. The van der Waals surface area contributed by atoms with Crippen molar-refractivity contribution in [1.29, 1.82) is 0 Å². The van der Waals surface area contributed by atoms with E-state index in [1.54, 1.807) is 5.01 Å². The van der Waals surface area contributed by atoms with Crippen LogP contribution < -0.4 is 10.9 Å². The summed E-state index contributed by atoms with van der Waals surface area (Å²) < 4.78 is 0. The minimum absolute atomic E-state index is 1.01. The molecule has 2 heteroatoms. The largest absolute Gasteiger partial charge is 0.279 e. The number of benzene rings is 2. The predicted molar refractivity (Wildman–Crippen MR) is 82.9 cm³/mol. The molecule has 2 rings (SSSR count). The molecule has 0 amide bonds. The second-order valence-electron chi connectivity index (χ2n) is 5.29. The Kier molecular flexibility index (Phi) is 3.63. The van der Waals surface area contributed by atoms with Crippen LogP contribution in [0.15, 0.2) is 30.3 Å². The summed E-state index contributed by atoms with van der Waals surface area (Å²) in [4.78, 5) is 0. The summed E-state index contributed by atoms with van der Waals surface area (Å²) in [5.41, 5.74) is 8.51. The highest BCUT2D eigenvalue weighted by Gasteiger charge is 2.12. The lowest BCUT2D eigenvalue weighted by Crippen LogP contribution is -2.26. The van der Waals surface area contributed by atoms with Gasteiger partial charge in [-0.05, 0) is 75.1 Å². The van der Waals surface area contributed by atoms with Crippen molar-refractivity contribution in [2.75, 3.05) is 5.01 Å². The summed E-state index contributed by atoms with van der Waals surface area (Å²) in [6.07, 6.45) is 0. The van der Waals surface area contributed by atoms with Crippen molar-refractivity contribution >= 4 is 11.4 Å². The second-order valence-corrected chi connectivity index (χ2v) is 5.29. The number of hydrogen-bond acceptors (Lipinski definition) is 2. The molecule has 0 heterocycles. The van der Waals surface area contributed by atoms with Gasteiger partial charge >= 0.3 is 0 Å². The number of nitrogens with two attached hydrogens (primary N) is 1. The smallest absolute Gasteiger partial charge is 0.0609 e. The summed E-state index contributed by atoms with van der Waals surface area (Å²) in [6, 6.07) is 10.4. The van der Waals surface area contributed by atoms with Gasteiger partial charge in [0.05, 0.1) is 11.4 Å². The fourth-order valence-corrected chi connectivity index (χ4v) is 2.29. The third-order valence-corrected chi connectivity index (χ3v) is 4.03. The van der Waals surface area contributed by atoms with Crippen molar-refractivity contribution in [2.24, 2.45) is 5.84 Å². The maximum absolute atomic E-state index is 6.29. The van der Waals surface area contributed by atoms with E-state index in [0.29, 0.717) is 0 Å². The number of hydrazine groups is 1. The fraction of sp³-hybridized carbons (Fsp3) is 0.294. The van der Waals surface area contributed by atoms with E-state index in [9.17, 15) is 0 Å². The lowest BCUT2D eigenvalue weighted by atomic mass is 9.97. The molecule has 0 saturated carbocycles. The van der Waals surface area contributed by atoms with Gasteiger partial charge in [-0.1, -0.05) is 17.7 Å². The molecule has 2 N–H and O–H groups in total. The molecular formula is C17H22N2. The predicted octanol–water partition coefficient (Wildman–Crippen LogP) is 4.24. The van der Waals surface area contributed by atoms with E-state index < -0.39 is 0 Å². The van der Waals surface area contributed by atoms with E-state index >= 15 is 0 Å². The summed E-state index contributed by atoms with van der Waals surface area (Å²) in [5.74, 6) is 6.29. The van der Waals surface area contributed by atoms with Gasteiger partial charge in [-0.2, -0.15) is 0 Å². The summed E-state index contributed by atoms with van der Waals surface area (Å²) in [5, 5.41) is 1.77. The zero-order valence-corrected chi connectivity index (χ0v) is 12.4. The number of aryl methyl sites for hydroxylation is 2. The molecule has 2 aromatic rings. The van der Waals surface area contributed by atoms with Gasteiger partial charge in [0.15, 0.2) is 0 Å². The maximum atomic E-state index is 6.29. The number of hydrogen-bond donors (Lipinski definition) is 1. The molecule has 2 nitrogen and oxygen atoms in total. The first kappa shape index (κ1) is 13.6. The Bertz CT molecular complexity index is 598. The zero-order valence-electron chi connectivity index (χ0n) is 12.4. The van der Waals surface area contributed by atoms with Crippen LogP contribution in [-0.2, 0) is 0 Å². The van der Waals surface area contributed by atoms with E-state index in [1.165, 1.54) is 27.8 Å². The van der Waals surface area contributed by atoms with Gasteiger partial charge in [0.1, 0.15) is 0 Å². The van der Waals surface area contributed by atoms with Crippen molar-refractivity contribution in [3.63, 3.8) is 0 Å². The van der Waals surface area contributed by atoms with Crippen LogP contribution in [0.2, 0.25) is 0 Å². The Hall–Kier alpha value is -1.80. The second kappa shape index (κ2) is 5.06. The molecule has 0 aliphatic carbocycles. The van der Waals surface area contributed by atoms with E-state index in [-0.39, 0.29) is 0 Å². The van der Waals surface area contributed by atoms with E-state index in [1.807, 2.05) is 0 Å². The van der Waals surface area contributed by atoms with Crippen LogP contribution in [0.5, 0.6) is 0 Å². The van der Waals surface area contributed by atoms with Crippen LogP contribution in [-0.4, -0.2) is 0 Å². The molecule has 0 spiro atoms. The van der Waals surface area contributed by atoms with Crippen molar-refractivity contribution in [1.82, 2.24) is 0 Å². The van der Waals surface area contributed by atoms with Gasteiger partial charge in [0.25, 0.3) is 0 Å². The molecule has 0 atom stereocenters. The molecule has 0 radical (unpaired) electrons. The first-order valence-electron chi connectivity index (χ1n) is 6.60. The van der Waals surface area contributed by atoms with Crippen LogP contribution in [0.3, 0.4) is 0 Å². The highest BCUT2D eigenvalue weighted by atomic mass is 15.4. The van der Waals surface area contributed by atoms with Crippen LogP contribution in [0.1, 0.15) is 27.8 Å². The van der Waals surface area contributed by atoms with E-state index in [0.717, 1.165) is 11.4 Å². The van der Waals surface area contributed by atoms with Crippen LogP contribution in [0.4, 0.5) is 11.4 Å². The quantitative estimate of drug-likeness (QED) is 0.641. The van der Waals surface area contributed by atoms with Gasteiger partial charge in [-0.15, -0.1) is 0 Å². The summed E-state index contributed by atoms with van der Waals surface area (Å²) in [6.45, 7) is 10.7. The Morgan fingerprint density at radius 3 is 1.95 bits per heavy atom. The third-order valence-electron chi connectivity index (χ3n) is 4.03. The SMILES string of the molecule is Cc1ccc(N(N)c2cc(C)c(C)c(C)c2C)cc1. The Morgan fingerprint density at radius 1 is 0.789 bits per heavy atom. The number of rotatable bonds is 2. The van der Waals surface area contributed by atoms with Crippen molar-refractivity contribution in [2.45, 2.75) is 34.6 Å². The normalized spacial score (nSPS) is 10.6. The molecule has 2 aromatic carbocycles. The van der Waals surface area contributed by atoms with Gasteiger partial charge in [0.2, 0.25) is 0 Å². The highest BCUT2D eigenvalue weighted by molar-refractivity contribution is 5.68. The molecular weight excluding hydrogens is 232 g/mol. The number of nitrogens with zero attached hydrogens (tertiary/aromatic N) is 1. The lowest BCUT2D eigenvalue weighted by Gasteiger charge is -2.24. The van der Waals surface area contributed by atoms with E-state index in [2.05, 4.69) is 65.0 Å². The van der Waals surface area contributed by atoms with Gasteiger partial charge in [-0.3, -0.25) is 5.01 Å². The van der Waals surface area contributed by atoms with Crippen LogP contribution in [0.25, 0.3) is 0 Å². The van der Waals surface area contributed by atoms with Crippen LogP contribution >= 0.6 is 0 Å². The van der Waals surface area contributed by atoms with Gasteiger partial charge < -0.3 is 0 Å². The summed E-state index contributed by atoms with van der Waals surface area (Å²) in [7, 11) is 0. The fourth-order valence-electron chi connectivity index (χ4n) is 2.29. The minimum Gasteiger partial charge on any atom is -0.279 e. The van der Waals surface area contributed by atoms with Gasteiger partial charge in [-0.25, -0.2) is 5.84 Å². The third kappa shape index (κ3) is 2.49. The average molecular weight is 254 g/mol. The standard InChI is InChI=1S/C17H22N2/c1-11-6-8-16(9-7-11)19(18)17-10-12(2)13(3)14(4)15(17)5/h6-10H,18H2,1-5H3. The Balaban J connectivity index is 2.50. The Labute approximate surface area is 115 Å². The molecule has 0 aliphatic rings. The lowest BCUT2D eigenvalue weighted by molar-refractivity contribution is 1.05. The molecule has 0 unspecified atom stereocenters.